The first-order valence-corrected chi connectivity index (χ1v) is 7.74. The lowest BCUT2D eigenvalue weighted by Crippen LogP contribution is -2.41. The van der Waals surface area contributed by atoms with E-state index in [1.807, 2.05) is 20.8 Å². The fraction of sp³-hybridized carbons (Fsp3) is 0.545. The number of hydrogen-bond donors (Lipinski definition) is 2. The van der Waals surface area contributed by atoms with Gasteiger partial charge in [0.1, 0.15) is 4.21 Å². The summed E-state index contributed by atoms with van der Waals surface area (Å²) in [7, 11) is -3.65. The van der Waals surface area contributed by atoms with Crippen LogP contribution in [-0.4, -0.2) is 25.5 Å². The van der Waals surface area contributed by atoms with E-state index in [1.54, 1.807) is 6.92 Å². The van der Waals surface area contributed by atoms with Gasteiger partial charge in [0.15, 0.2) is 0 Å². The molecule has 5 nitrogen and oxygen atoms in total. The largest absolute Gasteiger partial charge is 0.478 e. The predicted octanol–water partition coefficient (Wildman–Crippen LogP) is 2.16. The van der Waals surface area contributed by atoms with Crippen LogP contribution in [0, 0.1) is 5.41 Å². The number of aromatic carboxylic acids is 1. The molecule has 0 aliphatic carbocycles. The van der Waals surface area contributed by atoms with Gasteiger partial charge in [-0.25, -0.2) is 17.9 Å². The molecular weight excluding hydrogens is 274 g/mol. The molecule has 0 radical (unpaired) electrons. The lowest BCUT2D eigenvalue weighted by molar-refractivity contribution is 0.0697. The van der Waals surface area contributed by atoms with Gasteiger partial charge in [-0.15, -0.1) is 11.3 Å². The number of carboxylic acids is 1. The minimum Gasteiger partial charge on any atom is -0.478 e. The molecule has 102 valence electrons. The molecule has 0 amide bonds. The Hall–Kier alpha value is -0.920. The van der Waals surface area contributed by atoms with Crippen molar-refractivity contribution < 1.29 is 18.3 Å². The van der Waals surface area contributed by atoms with E-state index in [4.69, 9.17) is 5.11 Å². The molecule has 0 bridgehead atoms. The Morgan fingerprint density at radius 3 is 2.39 bits per heavy atom. The van der Waals surface area contributed by atoms with Crippen molar-refractivity contribution in [1.29, 1.82) is 0 Å². The highest BCUT2D eigenvalue weighted by atomic mass is 32.2. The average Bonchev–Trinajstić information content (AvgIpc) is 2.64. The van der Waals surface area contributed by atoms with Crippen LogP contribution in [0.2, 0.25) is 0 Å². The molecule has 0 spiro atoms. The van der Waals surface area contributed by atoms with Crippen molar-refractivity contribution in [3.05, 3.63) is 17.0 Å². The summed E-state index contributed by atoms with van der Waals surface area (Å²) in [4.78, 5) is 10.7. The van der Waals surface area contributed by atoms with Gasteiger partial charge in [-0.1, -0.05) is 20.8 Å². The highest BCUT2D eigenvalue weighted by molar-refractivity contribution is 7.91. The Bertz CT molecular complexity index is 540. The van der Waals surface area contributed by atoms with Crippen LogP contribution in [-0.2, 0) is 10.0 Å². The maximum Gasteiger partial charge on any atom is 0.336 e. The zero-order chi connectivity index (χ0) is 14.1. The number of rotatable bonds is 4. The molecule has 1 rings (SSSR count). The van der Waals surface area contributed by atoms with E-state index in [0.29, 0.717) is 0 Å². The first-order chi connectivity index (χ1) is 8.04. The maximum absolute atomic E-state index is 12.0. The van der Waals surface area contributed by atoms with Crippen LogP contribution in [0.1, 0.15) is 38.1 Å². The van der Waals surface area contributed by atoms with Crippen LogP contribution in [0.15, 0.2) is 15.7 Å². The predicted molar refractivity (Wildman–Crippen MR) is 70.5 cm³/mol. The van der Waals surface area contributed by atoms with Gasteiger partial charge >= 0.3 is 5.97 Å². The smallest absolute Gasteiger partial charge is 0.336 e. The topological polar surface area (TPSA) is 83.5 Å². The van der Waals surface area contributed by atoms with Crippen LogP contribution in [0.3, 0.4) is 0 Å². The van der Waals surface area contributed by atoms with Crippen molar-refractivity contribution in [3.63, 3.8) is 0 Å². The molecule has 1 unspecified atom stereocenters. The Morgan fingerprint density at radius 2 is 2.00 bits per heavy atom. The SMILES string of the molecule is CC(NS(=O)(=O)c1cc(C(=O)O)cs1)C(C)(C)C. The van der Waals surface area contributed by atoms with Crippen molar-refractivity contribution in [2.75, 3.05) is 0 Å². The third kappa shape index (κ3) is 3.54. The Kier molecular flexibility index (Phi) is 4.19. The van der Waals surface area contributed by atoms with E-state index in [2.05, 4.69) is 4.72 Å². The lowest BCUT2D eigenvalue weighted by Gasteiger charge is -2.27. The van der Waals surface area contributed by atoms with Crippen molar-refractivity contribution >= 4 is 27.3 Å². The van der Waals surface area contributed by atoms with Gasteiger partial charge in [-0.05, 0) is 18.4 Å². The molecule has 0 aliphatic heterocycles. The van der Waals surface area contributed by atoms with Gasteiger partial charge in [0.05, 0.1) is 5.56 Å². The minimum absolute atomic E-state index is 0.0104. The van der Waals surface area contributed by atoms with Gasteiger partial charge in [-0.2, -0.15) is 0 Å². The number of hydrogen-bond acceptors (Lipinski definition) is 4. The van der Waals surface area contributed by atoms with E-state index >= 15 is 0 Å². The normalized spacial score (nSPS) is 14.4. The Morgan fingerprint density at radius 1 is 1.44 bits per heavy atom. The van der Waals surface area contributed by atoms with Crippen molar-refractivity contribution in [1.82, 2.24) is 4.72 Å². The van der Waals surface area contributed by atoms with E-state index < -0.39 is 16.0 Å². The van der Waals surface area contributed by atoms with E-state index in [9.17, 15) is 13.2 Å². The minimum atomic E-state index is -3.65. The van der Waals surface area contributed by atoms with Crippen LogP contribution >= 0.6 is 11.3 Å². The molecule has 0 saturated heterocycles. The summed E-state index contributed by atoms with van der Waals surface area (Å²) in [6.07, 6.45) is 0. The van der Waals surface area contributed by atoms with Crippen LogP contribution < -0.4 is 4.72 Å². The summed E-state index contributed by atoms with van der Waals surface area (Å²) >= 11 is 0.906. The van der Waals surface area contributed by atoms with Gasteiger partial charge in [-0.3, -0.25) is 0 Å². The fourth-order valence-corrected chi connectivity index (χ4v) is 3.66. The molecule has 18 heavy (non-hydrogen) atoms. The van der Waals surface area contributed by atoms with Crippen LogP contribution in [0.4, 0.5) is 0 Å². The summed E-state index contributed by atoms with van der Waals surface area (Å²) in [5, 5.41) is 10.1. The third-order valence-electron chi connectivity index (χ3n) is 2.72. The van der Waals surface area contributed by atoms with Gasteiger partial charge in [0.25, 0.3) is 0 Å². The summed E-state index contributed by atoms with van der Waals surface area (Å²) in [6, 6.07) is 0.919. The number of thiophene rings is 1. The standard InChI is InChI=1S/C11H17NO4S2/c1-7(11(2,3)4)12-18(15,16)9-5-8(6-17-9)10(13)14/h5-7,12H,1-4H3,(H,13,14). The quantitative estimate of drug-likeness (QED) is 0.890. The summed E-state index contributed by atoms with van der Waals surface area (Å²) in [5.41, 5.74) is -0.219. The second kappa shape index (κ2) is 4.99. The van der Waals surface area contributed by atoms with Gasteiger partial charge in [0, 0.05) is 11.4 Å². The second-order valence-corrected chi connectivity index (χ2v) is 8.02. The van der Waals surface area contributed by atoms with Crippen LogP contribution in [0.5, 0.6) is 0 Å². The number of sulfonamides is 1. The van der Waals surface area contributed by atoms with E-state index in [1.165, 1.54) is 11.4 Å². The Balaban J connectivity index is 2.96. The molecular formula is C11H17NO4S2. The maximum atomic E-state index is 12.0. The summed E-state index contributed by atoms with van der Waals surface area (Å²) < 4.78 is 26.6. The molecule has 0 aromatic carbocycles. The Labute approximate surface area is 111 Å². The second-order valence-electron chi connectivity index (χ2n) is 5.17. The first kappa shape index (κ1) is 15.1. The van der Waals surface area contributed by atoms with E-state index in [-0.39, 0.29) is 21.2 Å². The van der Waals surface area contributed by atoms with Crippen molar-refractivity contribution in [2.24, 2.45) is 5.41 Å². The molecule has 2 N–H and O–H groups in total. The van der Waals surface area contributed by atoms with Crippen molar-refractivity contribution in [2.45, 2.75) is 37.9 Å². The molecule has 0 fully saturated rings. The van der Waals surface area contributed by atoms with E-state index in [0.717, 1.165) is 11.3 Å². The molecule has 1 heterocycles. The molecule has 1 aromatic rings. The lowest BCUT2D eigenvalue weighted by atomic mass is 9.89. The third-order valence-corrected chi connectivity index (χ3v) is 5.70. The average molecular weight is 291 g/mol. The highest BCUT2D eigenvalue weighted by Gasteiger charge is 2.27. The fourth-order valence-electron chi connectivity index (χ4n) is 1.04. The molecule has 0 aliphatic rings. The summed E-state index contributed by atoms with van der Waals surface area (Å²) in [5.74, 6) is -1.13. The monoisotopic (exact) mass is 291 g/mol. The molecule has 0 saturated carbocycles. The molecule has 1 aromatic heterocycles. The van der Waals surface area contributed by atoms with Gasteiger partial charge < -0.3 is 5.11 Å². The first-order valence-electron chi connectivity index (χ1n) is 5.38. The zero-order valence-corrected chi connectivity index (χ0v) is 12.4. The van der Waals surface area contributed by atoms with Crippen molar-refractivity contribution in [3.8, 4) is 0 Å². The number of carbonyl (C=O) groups is 1. The zero-order valence-electron chi connectivity index (χ0n) is 10.7. The number of carboxylic acid groups (broad SMARTS) is 1. The molecule has 1 atom stereocenters. The van der Waals surface area contributed by atoms with Gasteiger partial charge in [0.2, 0.25) is 10.0 Å². The van der Waals surface area contributed by atoms with Crippen LogP contribution in [0.25, 0.3) is 0 Å². The molecule has 7 heteroatoms. The number of nitrogens with one attached hydrogen (secondary N) is 1. The summed E-state index contributed by atoms with van der Waals surface area (Å²) in [6.45, 7) is 7.56. The highest BCUT2D eigenvalue weighted by Crippen LogP contribution is 2.24.